The molecule has 1 aromatic rings. The van der Waals surface area contributed by atoms with Crippen molar-refractivity contribution in [3.8, 4) is 0 Å². The summed E-state index contributed by atoms with van der Waals surface area (Å²) in [6.07, 6.45) is 2.07. The molecule has 0 amide bonds. The molecule has 1 saturated heterocycles. The molecule has 1 fully saturated rings. The van der Waals surface area contributed by atoms with E-state index in [9.17, 15) is 10.1 Å². The molecule has 6 heteroatoms. The molecular weight excluding hydrogens is 256 g/mol. The van der Waals surface area contributed by atoms with E-state index in [1.165, 1.54) is 6.07 Å². The molecule has 0 atom stereocenters. The third-order valence-electron chi connectivity index (χ3n) is 3.00. The molecule has 0 radical (unpaired) electrons. The number of halogens is 1. The first kappa shape index (κ1) is 13.3. The summed E-state index contributed by atoms with van der Waals surface area (Å²) in [5, 5.41) is 14.5. The van der Waals surface area contributed by atoms with Crippen LogP contribution >= 0.6 is 11.6 Å². The van der Waals surface area contributed by atoms with Gasteiger partial charge in [0.25, 0.3) is 5.69 Å². The topological polar surface area (TPSA) is 64.4 Å². The van der Waals surface area contributed by atoms with Crippen LogP contribution in [-0.4, -0.2) is 24.1 Å². The highest BCUT2D eigenvalue weighted by Crippen LogP contribution is 2.24. The molecule has 0 aromatic heterocycles. The first-order chi connectivity index (χ1) is 8.66. The highest BCUT2D eigenvalue weighted by molar-refractivity contribution is 6.30. The smallest absolute Gasteiger partial charge is 0.276 e. The van der Waals surface area contributed by atoms with Gasteiger partial charge in [-0.25, -0.2) is 0 Å². The Morgan fingerprint density at radius 2 is 2.17 bits per heavy atom. The Hall–Kier alpha value is -1.17. The normalized spacial score (nSPS) is 16.7. The second-order valence-corrected chi connectivity index (χ2v) is 4.73. The van der Waals surface area contributed by atoms with Crippen molar-refractivity contribution in [1.82, 2.24) is 5.32 Å². The number of hydrogen-bond acceptors (Lipinski definition) is 4. The summed E-state index contributed by atoms with van der Waals surface area (Å²) in [5.74, 6) is 0. The van der Waals surface area contributed by atoms with Gasteiger partial charge < -0.3 is 10.1 Å². The number of hydrogen-bond donors (Lipinski definition) is 1. The number of benzene rings is 1. The lowest BCUT2D eigenvalue weighted by atomic mass is 10.1. The van der Waals surface area contributed by atoms with Gasteiger partial charge in [-0.05, 0) is 38.1 Å². The fourth-order valence-electron chi connectivity index (χ4n) is 2.00. The summed E-state index contributed by atoms with van der Waals surface area (Å²) in [7, 11) is 0. The Kier molecular flexibility index (Phi) is 4.52. The third kappa shape index (κ3) is 3.41. The molecule has 0 aliphatic carbocycles. The van der Waals surface area contributed by atoms with Gasteiger partial charge in [0.05, 0.1) is 23.2 Å². The number of rotatable bonds is 4. The first-order valence-electron chi connectivity index (χ1n) is 5.92. The summed E-state index contributed by atoms with van der Waals surface area (Å²) in [4.78, 5) is 10.5. The number of nitrogens with one attached hydrogen (secondary N) is 1. The van der Waals surface area contributed by atoms with E-state index in [1.807, 2.05) is 0 Å². The van der Waals surface area contributed by atoms with Crippen LogP contribution in [0, 0.1) is 10.1 Å². The molecule has 1 aromatic carbocycles. The molecule has 0 bridgehead atoms. The monoisotopic (exact) mass is 270 g/mol. The summed E-state index contributed by atoms with van der Waals surface area (Å²) in [6.45, 7) is 2.14. The van der Waals surface area contributed by atoms with E-state index in [1.54, 1.807) is 12.1 Å². The van der Waals surface area contributed by atoms with Gasteiger partial charge in [-0.1, -0.05) is 11.6 Å². The lowest BCUT2D eigenvalue weighted by molar-refractivity contribution is -0.386. The van der Waals surface area contributed by atoms with E-state index in [0.717, 1.165) is 25.9 Å². The Morgan fingerprint density at radius 3 is 2.83 bits per heavy atom. The second kappa shape index (κ2) is 6.13. The lowest BCUT2D eigenvalue weighted by Gasteiger charge is -2.22. The van der Waals surface area contributed by atoms with E-state index < -0.39 is 4.92 Å². The average molecular weight is 271 g/mol. The fraction of sp³-hybridized carbons (Fsp3) is 0.500. The standard InChI is InChI=1S/C12H15ClN2O3/c13-10-2-1-9(12(7-10)15(16)17)8-18-11-3-5-14-6-4-11/h1-2,7,11,14H,3-6,8H2. The molecule has 18 heavy (non-hydrogen) atoms. The van der Waals surface area contributed by atoms with Gasteiger partial charge in [-0.15, -0.1) is 0 Å². The van der Waals surface area contributed by atoms with E-state index in [0.29, 0.717) is 10.6 Å². The molecular formula is C12H15ClN2O3. The van der Waals surface area contributed by atoms with Crippen molar-refractivity contribution in [3.05, 3.63) is 38.9 Å². The van der Waals surface area contributed by atoms with Crippen molar-refractivity contribution in [2.24, 2.45) is 0 Å². The molecule has 0 unspecified atom stereocenters. The highest BCUT2D eigenvalue weighted by atomic mass is 35.5. The number of nitro groups is 1. The molecule has 1 N–H and O–H groups in total. The van der Waals surface area contributed by atoms with Crippen molar-refractivity contribution >= 4 is 17.3 Å². The fourth-order valence-corrected chi connectivity index (χ4v) is 2.17. The Labute approximate surface area is 110 Å². The van der Waals surface area contributed by atoms with E-state index in [4.69, 9.17) is 16.3 Å². The maximum Gasteiger partial charge on any atom is 0.276 e. The molecule has 1 aliphatic rings. The van der Waals surface area contributed by atoms with Crippen molar-refractivity contribution < 1.29 is 9.66 Å². The maximum absolute atomic E-state index is 10.9. The number of nitro benzene ring substituents is 1. The Balaban J connectivity index is 2.01. The molecule has 1 aliphatic heterocycles. The summed E-state index contributed by atoms with van der Waals surface area (Å²) < 4.78 is 5.71. The lowest BCUT2D eigenvalue weighted by Crippen LogP contribution is -2.32. The van der Waals surface area contributed by atoms with Crippen LogP contribution in [0.5, 0.6) is 0 Å². The summed E-state index contributed by atoms with van der Waals surface area (Å²) in [5.41, 5.74) is 0.597. The number of ether oxygens (including phenoxy) is 1. The maximum atomic E-state index is 10.9. The van der Waals surface area contributed by atoms with E-state index in [-0.39, 0.29) is 18.4 Å². The van der Waals surface area contributed by atoms with Gasteiger partial charge in [0, 0.05) is 11.1 Å². The number of nitrogens with zero attached hydrogens (tertiary/aromatic N) is 1. The van der Waals surface area contributed by atoms with Crippen LogP contribution in [-0.2, 0) is 11.3 Å². The molecule has 0 spiro atoms. The van der Waals surface area contributed by atoms with Crippen molar-refractivity contribution in [3.63, 3.8) is 0 Å². The Bertz CT molecular complexity index is 433. The van der Waals surface area contributed by atoms with Crippen LogP contribution in [0.2, 0.25) is 5.02 Å². The molecule has 98 valence electrons. The van der Waals surface area contributed by atoms with E-state index in [2.05, 4.69) is 5.32 Å². The Morgan fingerprint density at radius 1 is 1.44 bits per heavy atom. The predicted octanol–water partition coefficient (Wildman–Crippen LogP) is 2.52. The van der Waals surface area contributed by atoms with Crippen molar-refractivity contribution in [1.29, 1.82) is 0 Å². The van der Waals surface area contributed by atoms with Crippen molar-refractivity contribution in [2.75, 3.05) is 13.1 Å². The highest BCUT2D eigenvalue weighted by Gasteiger charge is 2.18. The van der Waals surface area contributed by atoms with Gasteiger partial charge in [-0.2, -0.15) is 0 Å². The minimum absolute atomic E-state index is 0.0245. The van der Waals surface area contributed by atoms with Crippen LogP contribution in [0.4, 0.5) is 5.69 Å². The predicted molar refractivity (Wildman–Crippen MR) is 68.8 cm³/mol. The SMILES string of the molecule is O=[N+]([O-])c1cc(Cl)ccc1COC1CCNCC1. The summed E-state index contributed by atoms with van der Waals surface area (Å²) in [6, 6.07) is 4.67. The van der Waals surface area contributed by atoms with Crippen LogP contribution in [0.25, 0.3) is 0 Å². The molecule has 5 nitrogen and oxygen atoms in total. The molecule has 1 heterocycles. The van der Waals surface area contributed by atoms with E-state index >= 15 is 0 Å². The zero-order valence-corrected chi connectivity index (χ0v) is 10.7. The van der Waals surface area contributed by atoms with Crippen molar-refractivity contribution in [2.45, 2.75) is 25.6 Å². The zero-order chi connectivity index (χ0) is 13.0. The quantitative estimate of drug-likeness (QED) is 0.674. The third-order valence-corrected chi connectivity index (χ3v) is 3.24. The largest absolute Gasteiger partial charge is 0.373 e. The van der Waals surface area contributed by atoms with Crippen LogP contribution < -0.4 is 5.32 Å². The molecule has 2 rings (SSSR count). The van der Waals surface area contributed by atoms with Crippen LogP contribution in [0.15, 0.2) is 18.2 Å². The van der Waals surface area contributed by atoms with Gasteiger partial charge in [0.1, 0.15) is 0 Å². The minimum Gasteiger partial charge on any atom is -0.373 e. The average Bonchev–Trinajstić information content (AvgIpc) is 2.38. The summed E-state index contributed by atoms with van der Waals surface area (Å²) >= 11 is 5.76. The van der Waals surface area contributed by atoms with Gasteiger partial charge in [0.2, 0.25) is 0 Å². The van der Waals surface area contributed by atoms with Gasteiger partial charge in [0.15, 0.2) is 0 Å². The van der Waals surface area contributed by atoms with Crippen LogP contribution in [0.3, 0.4) is 0 Å². The molecule has 0 saturated carbocycles. The zero-order valence-electron chi connectivity index (χ0n) is 9.89. The second-order valence-electron chi connectivity index (χ2n) is 4.29. The van der Waals surface area contributed by atoms with Gasteiger partial charge in [-0.3, -0.25) is 10.1 Å². The van der Waals surface area contributed by atoms with Gasteiger partial charge >= 0.3 is 0 Å². The first-order valence-corrected chi connectivity index (χ1v) is 6.30. The number of piperidine rings is 1. The van der Waals surface area contributed by atoms with Crippen LogP contribution in [0.1, 0.15) is 18.4 Å². The minimum atomic E-state index is -0.424.